The van der Waals surface area contributed by atoms with Crippen molar-refractivity contribution in [1.29, 1.82) is 0 Å². The lowest BCUT2D eigenvalue weighted by Gasteiger charge is -2.27. The third-order valence-corrected chi connectivity index (χ3v) is 5.86. The zero-order chi connectivity index (χ0) is 21.0. The van der Waals surface area contributed by atoms with Crippen LogP contribution in [0.25, 0.3) is 0 Å². The summed E-state index contributed by atoms with van der Waals surface area (Å²) in [7, 11) is 0. The van der Waals surface area contributed by atoms with Gasteiger partial charge in [0.15, 0.2) is 17.3 Å². The van der Waals surface area contributed by atoms with E-state index in [4.69, 9.17) is 9.47 Å². The summed E-state index contributed by atoms with van der Waals surface area (Å²) in [5.74, 6) is 1.04. The van der Waals surface area contributed by atoms with E-state index in [2.05, 4.69) is 5.32 Å². The molecule has 1 aliphatic heterocycles. The van der Waals surface area contributed by atoms with Gasteiger partial charge in [0.05, 0.1) is 10.4 Å². The SMILES string of the molecule is Cc1ccc(C(=O)CCC(=O)CCC(=O)NC(C)(C)c2ccc3c(c2)OCO3)s1. The van der Waals surface area contributed by atoms with Gasteiger partial charge >= 0.3 is 0 Å². The molecule has 0 aliphatic carbocycles. The lowest BCUT2D eigenvalue weighted by molar-refractivity contribution is -0.126. The maximum absolute atomic E-state index is 12.3. The van der Waals surface area contributed by atoms with E-state index in [0.717, 1.165) is 10.4 Å². The number of nitrogens with one attached hydrogen (secondary N) is 1. The van der Waals surface area contributed by atoms with Crippen LogP contribution in [0, 0.1) is 6.92 Å². The van der Waals surface area contributed by atoms with Gasteiger partial charge in [-0.25, -0.2) is 0 Å². The number of Topliss-reactive ketones (excluding diaryl/α,β-unsaturated/α-hetero) is 2. The highest BCUT2D eigenvalue weighted by Crippen LogP contribution is 2.35. The lowest BCUT2D eigenvalue weighted by atomic mass is 9.93. The summed E-state index contributed by atoms with van der Waals surface area (Å²) in [6.07, 6.45) is 0.566. The van der Waals surface area contributed by atoms with Crippen LogP contribution in [-0.2, 0) is 15.1 Å². The molecule has 0 radical (unpaired) electrons. The molecule has 0 bridgehead atoms. The van der Waals surface area contributed by atoms with Crippen LogP contribution in [0.15, 0.2) is 30.3 Å². The number of hydrogen-bond donors (Lipinski definition) is 1. The molecule has 0 saturated heterocycles. The van der Waals surface area contributed by atoms with Crippen molar-refractivity contribution < 1.29 is 23.9 Å². The topological polar surface area (TPSA) is 81.7 Å². The third-order valence-electron chi connectivity index (χ3n) is 4.82. The highest BCUT2D eigenvalue weighted by molar-refractivity contribution is 7.14. The van der Waals surface area contributed by atoms with Crippen molar-refractivity contribution in [1.82, 2.24) is 5.32 Å². The van der Waals surface area contributed by atoms with Crippen LogP contribution in [0.1, 0.15) is 59.6 Å². The van der Waals surface area contributed by atoms with E-state index < -0.39 is 5.54 Å². The van der Waals surface area contributed by atoms with Gasteiger partial charge in [-0.1, -0.05) is 6.07 Å². The molecule has 1 aromatic heterocycles. The van der Waals surface area contributed by atoms with Crippen molar-refractivity contribution >= 4 is 28.8 Å². The second kappa shape index (κ2) is 8.78. The van der Waals surface area contributed by atoms with Gasteiger partial charge in [-0.3, -0.25) is 14.4 Å². The fourth-order valence-electron chi connectivity index (χ4n) is 3.11. The number of amides is 1. The fraction of sp³-hybridized carbons (Fsp3) is 0.409. The van der Waals surface area contributed by atoms with E-state index in [-0.39, 0.29) is 49.9 Å². The number of carbonyl (C=O) groups excluding carboxylic acids is 3. The third kappa shape index (κ3) is 5.44. The summed E-state index contributed by atoms with van der Waals surface area (Å²) in [4.78, 5) is 38.3. The zero-order valence-electron chi connectivity index (χ0n) is 16.9. The first-order valence-corrected chi connectivity index (χ1v) is 10.4. The molecule has 0 fully saturated rings. The van der Waals surface area contributed by atoms with Crippen molar-refractivity contribution in [2.75, 3.05) is 6.79 Å². The number of ether oxygens (including phenoxy) is 2. The Morgan fingerprint density at radius 2 is 1.72 bits per heavy atom. The molecule has 1 aromatic carbocycles. The smallest absolute Gasteiger partial charge is 0.231 e. The van der Waals surface area contributed by atoms with Crippen molar-refractivity contribution in [3.05, 3.63) is 45.6 Å². The summed E-state index contributed by atoms with van der Waals surface area (Å²) in [6, 6.07) is 9.24. The van der Waals surface area contributed by atoms with E-state index >= 15 is 0 Å². The van der Waals surface area contributed by atoms with Crippen LogP contribution in [-0.4, -0.2) is 24.3 Å². The van der Waals surface area contributed by atoms with Gasteiger partial charge in [0, 0.05) is 30.6 Å². The average Bonchev–Trinajstić information content (AvgIpc) is 3.32. The van der Waals surface area contributed by atoms with E-state index in [1.807, 2.05) is 45.0 Å². The summed E-state index contributed by atoms with van der Waals surface area (Å²) in [5.41, 5.74) is 0.270. The summed E-state index contributed by atoms with van der Waals surface area (Å²) in [6.45, 7) is 5.93. The van der Waals surface area contributed by atoms with E-state index in [0.29, 0.717) is 16.4 Å². The number of carbonyl (C=O) groups is 3. The van der Waals surface area contributed by atoms with Crippen molar-refractivity contribution in [3.8, 4) is 11.5 Å². The quantitative estimate of drug-likeness (QED) is 0.622. The number of aryl methyl sites for hydroxylation is 1. The number of benzene rings is 1. The molecule has 0 atom stereocenters. The van der Waals surface area contributed by atoms with Gasteiger partial charge in [0.2, 0.25) is 12.7 Å². The molecule has 154 valence electrons. The second-order valence-corrected chi connectivity index (χ2v) is 8.90. The number of fused-ring (bicyclic) bond motifs is 1. The molecule has 0 saturated carbocycles. The molecule has 2 aromatic rings. The molecule has 7 heteroatoms. The minimum atomic E-state index is -0.617. The average molecular weight is 416 g/mol. The molecule has 29 heavy (non-hydrogen) atoms. The minimum Gasteiger partial charge on any atom is -0.454 e. The Labute approximate surface area is 174 Å². The summed E-state index contributed by atoms with van der Waals surface area (Å²) < 4.78 is 10.7. The van der Waals surface area contributed by atoms with E-state index in [1.165, 1.54) is 11.3 Å². The second-order valence-electron chi connectivity index (χ2n) is 7.61. The highest BCUT2D eigenvalue weighted by Gasteiger charge is 2.26. The van der Waals surface area contributed by atoms with Crippen molar-refractivity contribution in [3.63, 3.8) is 0 Å². The summed E-state index contributed by atoms with van der Waals surface area (Å²) in [5, 5.41) is 2.96. The molecule has 2 heterocycles. The maximum Gasteiger partial charge on any atom is 0.231 e. The number of rotatable bonds is 9. The van der Waals surface area contributed by atoms with Crippen LogP contribution in [0.3, 0.4) is 0 Å². The van der Waals surface area contributed by atoms with Crippen LogP contribution in [0.4, 0.5) is 0 Å². The molecule has 6 nitrogen and oxygen atoms in total. The normalized spacial score (nSPS) is 12.7. The Balaban J connectivity index is 1.45. The molecule has 1 aliphatic rings. The minimum absolute atomic E-state index is 0.0233. The predicted octanol–water partition coefficient (Wildman–Crippen LogP) is 4.15. The molecular weight excluding hydrogens is 390 g/mol. The Morgan fingerprint density at radius 3 is 2.45 bits per heavy atom. The van der Waals surface area contributed by atoms with Crippen LogP contribution in [0.2, 0.25) is 0 Å². The lowest BCUT2D eigenvalue weighted by Crippen LogP contribution is -2.41. The number of hydrogen-bond acceptors (Lipinski definition) is 6. The van der Waals surface area contributed by atoms with Gasteiger partial charge in [0.1, 0.15) is 5.78 Å². The van der Waals surface area contributed by atoms with Gasteiger partial charge in [-0.15, -0.1) is 11.3 Å². The van der Waals surface area contributed by atoms with Crippen molar-refractivity contribution in [2.24, 2.45) is 0 Å². The van der Waals surface area contributed by atoms with Crippen molar-refractivity contribution in [2.45, 2.75) is 52.0 Å². The standard InChI is InChI=1S/C22H25NO5S/c1-14-4-10-20(29-14)17(25)8-6-16(24)7-11-21(26)23-22(2,3)15-5-9-18-19(12-15)28-13-27-18/h4-5,9-10,12H,6-8,11,13H2,1-3H3,(H,23,26). The Morgan fingerprint density at radius 1 is 1.00 bits per heavy atom. The first-order chi connectivity index (χ1) is 13.7. The Hall–Kier alpha value is -2.67. The Bertz CT molecular complexity index is 931. The van der Waals surface area contributed by atoms with Crippen LogP contribution in [0.5, 0.6) is 11.5 Å². The van der Waals surface area contributed by atoms with E-state index in [9.17, 15) is 14.4 Å². The predicted molar refractivity (Wildman–Crippen MR) is 111 cm³/mol. The van der Waals surface area contributed by atoms with E-state index in [1.54, 1.807) is 6.07 Å². The molecular formula is C22H25NO5S. The first-order valence-electron chi connectivity index (χ1n) is 9.57. The molecule has 0 unspecified atom stereocenters. The molecule has 1 N–H and O–H groups in total. The highest BCUT2D eigenvalue weighted by atomic mass is 32.1. The monoisotopic (exact) mass is 415 g/mol. The van der Waals surface area contributed by atoms with Crippen LogP contribution < -0.4 is 14.8 Å². The van der Waals surface area contributed by atoms with Gasteiger partial charge in [-0.05, 0) is 50.6 Å². The van der Waals surface area contributed by atoms with Crippen LogP contribution >= 0.6 is 11.3 Å². The van der Waals surface area contributed by atoms with Gasteiger partial charge < -0.3 is 14.8 Å². The van der Waals surface area contributed by atoms with Gasteiger partial charge in [-0.2, -0.15) is 0 Å². The largest absolute Gasteiger partial charge is 0.454 e. The molecule has 1 amide bonds. The zero-order valence-corrected chi connectivity index (χ0v) is 17.7. The summed E-state index contributed by atoms with van der Waals surface area (Å²) >= 11 is 1.44. The number of ketones is 2. The van der Waals surface area contributed by atoms with Gasteiger partial charge in [0.25, 0.3) is 0 Å². The molecule has 0 spiro atoms. The fourth-order valence-corrected chi connectivity index (χ4v) is 3.94. The maximum atomic E-state index is 12.3. The Kier molecular flexibility index (Phi) is 6.37. The number of thiophene rings is 1. The molecule has 3 rings (SSSR count). The first kappa shape index (κ1) is 21.0.